The van der Waals surface area contributed by atoms with E-state index in [1.54, 1.807) is 6.07 Å². The molecule has 94 valence electrons. The summed E-state index contributed by atoms with van der Waals surface area (Å²) in [5.41, 5.74) is 0. The summed E-state index contributed by atoms with van der Waals surface area (Å²) >= 11 is 1.41. The van der Waals surface area contributed by atoms with Crippen molar-refractivity contribution in [2.45, 2.75) is 38.6 Å². The summed E-state index contributed by atoms with van der Waals surface area (Å²) in [5.74, 6) is -1.54. The van der Waals surface area contributed by atoms with Crippen LogP contribution in [0.3, 0.4) is 0 Å². The number of carbonyl (C=O) groups is 2. The molecule has 0 aliphatic rings. The third kappa shape index (κ3) is 4.56. The van der Waals surface area contributed by atoms with E-state index in [4.69, 9.17) is 5.11 Å². The second-order valence-electron chi connectivity index (χ2n) is 4.17. The van der Waals surface area contributed by atoms with Gasteiger partial charge in [0.05, 0.1) is 5.92 Å². The molecule has 1 aromatic heterocycles. The molecule has 1 unspecified atom stereocenters. The predicted octanol–water partition coefficient (Wildman–Crippen LogP) is 2.22. The van der Waals surface area contributed by atoms with E-state index in [0.29, 0.717) is 6.42 Å². The Kier molecular flexibility index (Phi) is 5.15. The molecular weight excluding hydrogens is 238 g/mol. The van der Waals surface area contributed by atoms with Gasteiger partial charge in [0.15, 0.2) is 0 Å². The van der Waals surface area contributed by atoms with E-state index in [2.05, 4.69) is 5.32 Å². The molecule has 1 atom stereocenters. The fraction of sp³-hybridized carbons (Fsp3) is 0.500. The molecule has 0 radical (unpaired) electrons. The van der Waals surface area contributed by atoms with Crippen LogP contribution in [0.5, 0.6) is 0 Å². The van der Waals surface area contributed by atoms with E-state index in [0.717, 1.165) is 4.88 Å². The van der Waals surface area contributed by atoms with Gasteiger partial charge in [0, 0.05) is 17.3 Å². The lowest BCUT2D eigenvalue weighted by Gasteiger charge is -2.11. The maximum Gasteiger partial charge on any atom is 0.311 e. The molecule has 1 amide bonds. The monoisotopic (exact) mass is 255 g/mol. The van der Waals surface area contributed by atoms with E-state index >= 15 is 0 Å². The average molecular weight is 255 g/mol. The largest absolute Gasteiger partial charge is 0.481 e. The fourth-order valence-electron chi connectivity index (χ4n) is 1.55. The van der Waals surface area contributed by atoms with Crippen molar-refractivity contribution in [3.05, 3.63) is 22.4 Å². The minimum absolute atomic E-state index is 0.0903. The lowest BCUT2D eigenvalue weighted by atomic mass is 10.0. The molecule has 0 spiro atoms. The van der Waals surface area contributed by atoms with E-state index < -0.39 is 11.9 Å². The number of aliphatic carboxylic acids is 1. The Morgan fingerprint density at radius 2 is 2.18 bits per heavy atom. The van der Waals surface area contributed by atoms with Gasteiger partial charge in [0.1, 0.15) is 0 Å². The first-order chi connectivity index (χ1) is 8.00. The van der Waals surface area contributed by atoms with Crippen LogP contribution < -0.4 is 5.32 Å². The number of hydrogen-bond acceptors (Lipinski definition) is 3. The normalized spacial score (nSPS) is 12.4. The summed E-state index contributed by atoms with van der Waals surface area (Å²) in [6.45, 7) is 3.76. The first-order valence-corrected chi connectivity index (χ1v) is 6.44. The summed E-state index contributed by atoms with van der Waals surface area (Å²) < 4.78 is 0. The van der Waals surface area contributed by atoms with Gasteiger partial charge in [-0.2, -0.15) is 0 Å². The number of carboxylic acids is 1. The Labute approximate surface area is 105 Å². The van der Waals surface area contributed by atoms with Crippen LogP contribution >= 0.6 is 11.3 Å². The van der Waals surface area contributed by atoms with Crippen molar-refractivity contribution >= 4 is 23.2 Å². The third-order valence-corrected chi connectivity index (χ3v) is 3.28. The van der Waals surface area contributed by atoms with Gasteiger partial charge in [-0.25, -0.2) is 0 Å². The number of rotatable bonds is 6. The van der Waals surface area contributed by atoms with Crippen molar-refractivity contribution in [1.29, 1.82) is 0 Å². The maximum absolute atomic E-state index is 11.4. The van der Waals surface area contributed by atoms with Crippen molar-refractivity contribution in [3.63, 3.8) is 0 Å². The van der Waals surface area contributed by atoms with Crippen LogP contribution in [0.4, 0.5) is 0 Å². The fourth-order valence-corrected chi connectivity index (χ4v) is 2.40. The van der Waals surface area contributed by atoms with Crippen molar-refractivity contribution in [2.24, 2.45) is 0 Å². The summed E-state index contributed by atoms with van der Waals surface area (Å²) in [5, 5.41) is 13.7. The van der Waals surface area contributed by atoms with Crippen molar-refractivity contribution in [3.8, 4) is 0 Å². The van der Waals surface area contributed by atoms with Crippen LogP contribution in [-0.4, -0.2) is 23.0 Å². The number of carboxylic acid groups (broad SMARTS) is 1. The van der Waals surface area contributed by atoms with E-state index in [9.17, 15) is 9.59 Å². The molecule has 0 aromatic carbocycles. The van der Waals surface area contributed by atoms with Crippen LogP contribution in [0, 0.1) is 0 Å². The lowest BCUT2D eigenvalue weighted by Crippen LogP contribution is -2.30. The quantitative estimate of drug-likeness (QED) is 0.819. The minimum Gasteiger partial charge on any atom is -0.481 e. The average Bonchev–Trinajstić information content (AvgIpc) is 2.69. The Hall–Kier alpha value is -1.36. The van der Waals surface area contributed by atoms with Crippen molar-refractivity contribution in [2.75, 3.05) is 0 Å². The van der Waals surface area contributed by atoms with Gasteiger partial charge < -0.3 is 10.4 Å². The lowest BCUT2D eigenvalue weighted by molar-refractivity contribution is -0.139. The van der Waals surface area contributed by atoms with Crippen LogP contribution in [0.1, 0.15) is 37.5 Å². The van der Waals surface area contributed by atoms with E-state index in [-0.39, 0.29) is 18.4 Å². The second-order valence-corrected chi connectivity index (χ2v) is 5.15. The molecule has 0 saturated heterocycles. The zero-order valence-electron chi connectivity index (χ0n) is 9.97. The SMILES string of the molecule is CC(C)NC(=O)CCC(C(=O)O)c1cccs1. The van der Waals surface area contributed by atoms with Crippen LogP contribution in [0.25, 0.3) is 0 Å². The maximum atomic E-state index is 11.4. The second kappa shape index (κ2) is 6.39. The molecule has 0 aliphatic carbocycles. The van der Waals surface area contributed by atoms with Crippen molar-refractivity contribution < 1.29 is 14.7 Å². The van der Waals surface area contributed by atoms with Gasteiger partial charge in [-0.15, -0.1) is 11.3 Å². The van der Waals surface area contributed by atoms with Gasteiger partial charge in [-0.3, -0.25) is 9.59 Å². The first-order valence-electron chi connectivity index (χ1n) is 5.56. The molecule has 1 aromatic rings. The molecule has 1 heterocycles. The number of nitrogens with one attached hydrogen (secondary N) is 1. The standard InChI is InChI=1S/C12H17NO3S/c1-8(2)13-11(14)6-5-9(12(15)16)10-4-3-7-17-10/h3-4,7-9H,5-6H2,1-2H3,(H,13,14)(H,15,16). The highest BCUT2D eigenvalue weighted by molar-refractivity contribution is 7.10. The number of thiophene rings is 1. The first kappa shape index (κ1) is 13.7. The predicted molar refractivity (Wildman–Crippen MR) is 67.2 cm³/mol. The van der Waals surface area contributed by atoms with Crippen LogP contribution in [0.15, 0.2) is 17.5 Å². The Morgan fingerprint density at radius 3 is 2.65 bits per heavy atom. The van der Waals surface area contributed by atoms with Gasteiger partial charge in [0.2, 0.25) is 5.91 Å². The highest BCUT2D eigenvalue weighted by Crippen LogP contribution is 2.25. The molecule has 0 aliphatic heterocycles. The van der Waals surface area contributed by atoms with Crippen molar-refractivity contribution in [1.82, 2.24) is 5.32 Å². The van der Waals surface area contributed by atoms with Gasteiger partial charge in [-0.1, -0.05) is 6.07 Å². The van der Waals surface area contributed by atoms with Crippen LogP contribution in [-0.2, 0) is 9.59 Å². The summed E-state index contributed by atoms with van der Waals surface area (Å²) in [7, 11) is 0. The number of carbonyl (C=O) groups excluding carboxylic acids is 1. The smallest absolute Gasteiger partial charge is 0.311 e. The minimum atomic E-state index is -0.871. The van der Waals surface area contributed by atoms with Crippen LogP contribution in [0.2, 0.25) is 0 Å². The molecule has 17 heavy (non-hydrogen) atoms. The number of hydrogen-bond donors (Lipinski definition) is 2. The Bertz CT molecular complexity index is 373. The Morgan fingerprint density at radius 1 is 1.47 bits per heavy atom. The number of amides is 1. The molecular formula is C12H17NO3S. The zero-order valence-corrected chi connectivity index (χ0v) is 10.8. The van der Waals surface area contributed by atoms with Gasteiger partial charge in [0.25, 0.3) is 0 Å². The topological polar surface area (TPSA) is 66.4 Å². The summed E-state index contributed by atoms with van der Waals surface area (Å²) in [6.07, 6.45) is 0.585. The Balaban J connectivity index is 2.52. The molecule has 0 saturated carbocycles. The highest BCUT2D eigenvalue weighted by Gasteiger charge is 2.21. The molecule has 5 heteroatoms. The molecule has 0 bridgehead atoms. The molecule has 0 fully saturated rings. The third-order valence-electron chi connectivity index (χ3n) is 2.29. The zero-order chi connectivity index (χ0) is 12.8. The molecule has 1 rings (SSSR count). The molecule has 4 nitrogen and oxygen atoms in total. The highest BCUT2D eigenvalue weighted by atomic mass is 32.1. The summed E-state index contributed by atoms with van der Waals surface area (Å²) in [4.78, 5) is 23.4. The van der Waals surface area contributed by atoms with E-state index in [1.165, 1.54) is 11.3 Å². The summed E-state index contributed by atoms with van der Waals surface area (Å²) in [6, 6.07) is 3.71. The van der Waals surface area contributed by atoms with E-state index in [1.807, 2.05) is 25.3 Å². The van der Waals surface area contributed by atoms with Gasteiger partial charge in [-0.05, 0) is 31.7 Å². The van der Waals surface area contributed by atoms with Gasteiger partial charge >= 0.3 is 5.97 Å². The molecule has 2 N–H and O–H groups in total.